The Bertz CT molecular complexity index is 195. The van der Waals surface area contributed by atoms with Crippen molar-refractivity contribution in [1.29, 1.82) is 0 Å². The van der Waals surface area contributed by atoms with Crippen LogP contribution in [-0.2, 0) is 4.43 Å². The summed E-state index contributed by atoms with van der Waals surface area (Å²) in [5, 5.41) is 0. The molecule has 0 aromatic carbocycles. The predicted molar refractivity (Wildman–Crippen MR) is 71.5 cm³/mol. The van der Waals surface area contributed by atoms with E-state index in [0.29, 0.717) is 16.6 Å². The Morgan fingerprint density at radius 3 is 1.60 bits per heavy atom. The zero-order valence-electron chi connectivity index (χ0n) is 11.1. The van der Waals surface area contributed by atoms with Crippen LogP contribution in [0.25, 0.3) is 0 Å². The van der Waals surface area contributed by atoms with E-state index in [1.165, 1.54) is 0 Å². The lowest BCUT2D eigenvalue weighted by Gasteiger charge is -2.40. The van der Waals surface area contributed by atoms with E-state index < -0.39 is 8.32 Å². The van der Waals surface area contributed by atoms with Gasteiger partial charge in [0.15, 0.2) is 0 Å². The van der Waals surface area contributed by atoms with Gasteiger partial charge in [-0.1, -0.05) is 54.2 Å². The van der Waals surface area contributed by atoms with Crippen LogP contribution in [0.3, 0.4) is 0 Å². The average molecular weight is 226 g/mol. The summed E-state index contributed by atoms with van der Waals surface area (Å²) in [4.78, 5) is 0. The van der Waals surface area contributed by atoms with Crippen LogP contribution >= 0.6 is 0 Å². The zero-order chi connectivity index (χ0) is 12.1. The number of allylic oxidation sites excluding steroid dienone is 2. The summed E-state index contributed by atoms with van der Waals surface area (Å²) in [5.41, 5.74) is 1.89. The third-order valence-electron chi connectivity index (χ3n) is 3.19. The van der Waals surface area contributed by atoms with Crippen molar-refractivity contribution in [2.45, 2.75) is 58.2 Å². The summed E-state index contributed by atoms with van der Waals surface area (Å²) in [7, 11) is -1.70. The molecule has 0 aromatic rings. The van der Waals surface area contributed by atoms with Crippen LogP contribution in [-0.4, -0.2) is 8.32 Å². The van der Waals surface area contributed by atoms with Gasteiger partial charge >= 0.3 is 0 Å². The second kappa shape index (κ2) is 6.16. The Kier molecular flexibility index (Phi) is 5.95. The molecule has 0 spiro atoms. The first kappa shape index (κ1) is 14.5. The van der Waals surface area contributed by atoms with Crippen molar-refractivity contribution in [3.63, 3.8) is 0 Å². The van der Waals surface area contributed by atoms with Gasteiger partial charge in [0, 0.05) is 0 Å². The first-order chi connectivity index (χ1) is 6.89. The van der Waals surface area contributed by atoms with Crippen LogP contribution in [0.15, 0.2) is 25.0 Å². The second-order valence-corrected chi connectivity index (χ2v) is 10.4. The van der Waals surface area contributed by atoms with Gasteiger partial charge in [0.25, 0.3) is 8.32 Å². The van der Waals surface area contributed by atoms with Crippen LogP contribution < -0.4 is 0 Å². The molecule has 0 aromatic heterocycles. The molecular formula is C13H26OSi. The van der Waals surface area contributed by atoms with Gasteiger partial charge in [0.1, 0.15) is 0 Å². The zero-order valence-corrected chi connectivity index (χ0v) is 12.1. The van der Waals surface area contributed by atoms with Gasteiger partial charge < -0.3 is 4.43 Å². The van der Waals surface area contributed by atoms with Crippen LogP contribution in [0.2, 0.25) is 16.6 Å². The SMILES string of the molecule is C=C/C=C/O[Si](C(C)C)(C(C)C)C(C)C. The van der Waals surface area contributed by atoms with E-state index in [2.05, 4.69) is 48.1 Å². The Balaban J connectivity index is 4.96. The molecule has 0 atom stereocenters. The quantitative estimate of drug-likeness (QED) is 0.356. The fraction of sp³-hybridized carbons (Fsp3) is 0.692. The lowest BCUT2D eigenvalue weighted by molar-refractivity contribution is 0.416. The van der Waals surface area contributed by atoms with Crippen molar-refractivity contribution < 1.29 is 4.43 Å². The molecule has 0 aliphatic carbocycles. The topological polar surface area (TPSA) is 9.23 Å². The molecule has 0 aliphatic rings. The molecular weight excluding hydrogens is 200 g/mol. The van der Waals surface area contributed by atoms with E-state index in [1.807, 2.05) is 12.3 Å². The Morgan fingerprint density at radius 1 is 0.933 bits per heavy atom. The summed E-state index contributed by atoms with van der Waals surface area (Å²) in [5.74, 6) is 0. The molecule has 0 heterocycles. The first-order valence-corrected chi connectivity index (χ1v) is 7.99. The number of hydrogen-bond acceptors (Lipinski definition) is 1. The third-order valence-corrected chi connectivity index (χ3v) is 9.15. The lowest BCUT2D eigenvalue weighted by Crippen LogP contribution is -2.46. The van der Waals surface area contributed by atoms with Gasteiger partial charge in [-0.05, 0) is 22.7 Å². The molecule has 0 saturated carbocycles. The van der Waals surface area contributed by atoms with Crippen LogP contribution in [0.1, 0.15) is 41.5 Å². The minimum Gasteiger partial charge on any atom is -0.548 e. The van der Waals surface area contributed by atoms with E-state index in [9.17, 15) is 0 Å². The maximum absolute atomic E-state index is 6.14. The molecule has 0 fully saturated rings. The molecule has 0 bridgehead atoms. The highest BCUT2D eigenvalue weighted by Crippen LogP contribution is 2.42. The average Bonchev–Trinajstić information content (AvgIpc) is 2.10. The molecule has 2 heteroatoms. The normalized spacial score (nSPS) is 13.1. The first-order valence-electron chi connectivity index (χ1n) is 5.84. The van der Waals surface area contributed by atoms with Crippen molar-refractivity contribution in [3.8, 4) is 0 Å². The molecule has 0 rings (SSSR count). The van der Waals surface area contributed by atoms with Crippen molar-refractivity contribution in [2.24, 2.45) is 0 Å². The predicted octanol–water partition coefficient (Wildman–Crippen LogP) is 4.88. The van der Waals surface area contributed by atoms with E-state index >= 15 is 0 Å². The lowest BCUT2D eigenvalue weighted by atomic mass is 10.5. The van der Waals surface area contributed by atoms with Crippen molar-refractivity contribution in [2.75, 3.05) is 0 Å². The highest BCUT2D eigenvalue weighted by molar-refractivity contribution is 6.77. The molecule has 15 heavy (non-hydrogen) atoms. The van der Waals surface area contributed by atoms with Crippen molar-refractivity contribution in [3.05, 3.63) is 25.0 Å². The van der Waals surface area contributed by atoms with Crippen LogP contribution in [0, 0.1) is 0 Å². The minimum atomic E-state index is -1.70. The van der Waals surface area contributed by atoms with Gasteiger partial charge in [-0.3, -0.25) is 0 Å². The maximum Gasteiger partial charge on any atom is 0.257 e. The summed E-state index contributed by atoms with van der Waals surface area (Å²) < 4.78 is 6.14. The van der Waals surface area contributed by atoms with Gasteiger partial charge in [-0.2, -0.15) is 0 Å². The molecule has 0 aliphatic heterocycles. The van der Waals surface area contributed by atoms with Crippen LogP contribution in [0.4, 0.5) is 0 Å². The highest BCUT2D eigenvalue weighted by atomic mass is 28.4. The summed E-state index contributed by atoms with van der Waals surface area (Å²) in [6.07, 6.45) is 5.48. The van der Waals surface area contributed by atoms with E-state index in [-0.39, 0.29) is 0 Å². The molecule has 88 valence electrons. The largest absolute Gasteiger partial charge is 0.548 e. The van der Waals surface area contributed by atoms with Gasteiger partial charge in [0.05, 0.1) is 6.26 Å². The fourth-order valence-electron chi connectivity index (χ4n) is 2.62. The maximum atomic E-state index is 6.14. The standard InChI is InChI=1S/C13H26OSi/c1-8-9-10-14-15(11(2)3,12(4)5)13(6)7/h8-13H,1H2,2-7H3/b10-9+. The van der Waals surface area contributed by atoms with Crippen molar-refractivity contribution in [1.82, 2.24) is 0 Å². The number of rotatable bonds is 6. The van der Waals surface area contributed by atoms with Crippen LogP contribution in [0.5, 0.6) is 0 Å². The molecule has 0 radical (unpaired) electrons. The van der Waals surface area contributed by atoms with Gasteiger partial charge in [-0.25, -0.2) is 0 Å². The molecule has 1 nitrogen and oxygen atoms in total. The van der Waals surface area contributed by atoms with Crippen molar-refractivity contribution >= 4 is 8.32 Å². The van der Waals surface area contributed by atoms with Gasteiger partial charge in [-0.15, -0.1) is 0 Å². The van der Waals surface area contributed by atoms with E-state index in [4.69, 9.17) is 4.43 Å². The molecule has 0 N–H and O–H groups in total. The molecule has 0 amide bonds. The Labute approximate surface area is 96.4 Å². The van der Waals surface area contributed by atoms with Gasteiger partial charge in [0.2, 0.25) is 0 Å². The Morgan fingerprint density at radius 2 is 1.33 bits per heavy atom. The molecule has 0 saturated heterocycles. The summed E-state index contributed by atoms with van der Waals surface area (Å²) in [6.45, 7) is 17.4. The van der Waals surface area contributed by atoms with E-state index in [1.54, 1.807) is 6.08 Å². The monoisotopic (exact) mass is 226 g/mol. The number of hydrogen-bond donors (Lipinski definition) is 0. The minimum absolute atomic E-state index is 0.631. The fourth-order valence-corrected chi connectivity index (χ4v) is 7.75. The third kappa shape index (κ3) is 3.23. The summed E-state index contributed by atoms with van der Waals surface area (Å²) in [6, 6.07) is 0. The highest BCUT2D eigenvalue weighted by Gasteiger charge is 2.46. The Hall–Kier alpha value is -0.503. The smallest absolute Gasteiger partial charge is 0.257 e. The second-order valence-electron chi connectivity index (χ2n) is 5.00. The summed E-state index contributed by atoms with van der Waals surface area (Å²) >= 11 is 0. The molecule has 0 unspecified atom stereocenters. The van der Waals surface area contributed by atoms with E-state index in [0.717, 1.165) is 0 Å².